The molecule has 0 fully saturated rings. The molecule has 2 N–H and O–H groups in total. The van der Waals surface area contributed by atoms with Crippen molar-refractivity contribution in [3.05, 3.63) is 35.9 Å². The first-order valence-corrected chi connectivity index (χ1v) is 3.45. The van der Waals surface area contributed by atoms with Crippen LogP contribution in [-0.2, 0) is 0 Å². The van der Waals surface area contributed by atoms with Gasteiger partial charge in [0, 0.05) is 5.56 Å². The molecule has 0 amide bonds. The normalized spacial score (nSPS) is 10.2. The van der Waals surface area contributed by atoms with Crippen molar-refractivity contribution in [1.29, 1.82) is 0 Å². The molecule has 0 unspecified atom stereocenters. The van der Waals surface area contributed by atoms with Crippen molar-refractivity contribution >= 4 is 17.2 Å². The van der Waals surface area contributed by atoms with Crippen molar-refractivity contribution < 1.29 is 0 Å². The van der Waals surface area contributed by atoms with Crippen LogP contribution in [0.5, 0.6) is 0 Å². The topological polar surface area (TPSA) is 50.7 Å². The van der Waals surface area contributed by atoms with Crippen LogP contribution in [-0.4, -0.2) is 4.99 Å². The Balaban J connectivity index is 2.86. The molecular formula is C7H7N3S. The molecule has 1 aromatic rings. The molecule has 0 aliphatic rings. The lowest BCUT2D eigenvalue weighted by Crippen LogP contribution is -1.92. The number of hydrogen-bond donors (Lipinski definition) is 1. The van der Waals surface area contributed by atoms with E-state index < -0.39 is 0 Å². The highest BCUT2D eigenvalue weighted by molar-refractivity contribution is 7.80. The molecule has 0 spiro atoms. The van der Waals surface area contributed by atoms with E-state index in [4.69, 9.17) is 18.1 Å². The molecule has 3 nitrogen and oxygen atoms in total. The summed E-state index contributed by atoms with van der Waals surface area (Å²) in [7, 11) is 0. The van der Waals surface area contributed by atoms with Crippen molar-refractivity contribution in [3.8, 4) is 0 Å². The molecule has 0 atom stereocenters. The van der Waals surface area contributed by atoms with Crippen molar-refractivity contribution in [2.24, 2.45) is 16.2 Å². The smallest absolute Gasteiger partial charge is 0.157 e. The van der Waals surface area contributed by atoms with Gasteiger partial charge in [-0.1, -0.05) is 47.8 Å². The monoisotopic (exact) mass is 165 g/mol. The molecule has 0 aliphatic heterocycles. The minimum absolute atomic E-state index is 0.410. The first kappa shape index (κ1) is 7.81. The summed E-state index contributed by atoms with van der Waals surface area (Å²) in [6.45, 7) is 0. The molecule has 0 heterocycles. The molecule has 11 heavy (non-hydrogen) atoms. The first-order valence-electron chi connectivity index (χ1n) is 3.05. The van der Waals surface area contributed by atoms with Crippen molar-refractivity contribution in [3.63, 3.8) is 0 Å². The fraction of sp³-hybridized carbons (Fsp3) is 0. The Morgan fingerprint density at radius 2 is 1.91 bits per heavy atom. The molecule has 1 rings (SSSR count). The molecule has 0 bridgehead atoms. The Morgan fingerprint density at radius 3 is 2.45 bits per heavy atom. The number of rotatable bonds is 1. The molecule has 1 aromatic carbocycles. The zero-order chi connectivity index (χ0) is 8.10. The van der Waals surface area contributed by atoms with E-state index in [0.717, 1.165) is 5.56 Å². The maximum atomic E-state index is 4.88. The van der Waals surface area contributed by atoms with Gasteiger partial charge in [0.2, 0.25) is 0 Å². The van der Waals surface area contributed by atoms with Crippen LogP contribution < -0.4 is 5.84 Å². The van der Waals surface area contributed by atoms with Gasteiger partial charge in [0.25, 0.3) is 0 Å². The third kappa shape index (κ3) is 2.09. The zero-order valence-electron chi connectivity index (χ0n) is 5.77. The summed E-state index contributed by atoms with van der Waals surface area (Å²) < 4.78 is 0. The second kappa shape index (κ2) is 3.78. The number of hydrogen-bond acceptors (Lipinski definition) is 2. The average molecular weight is 165 g/mol. The molecule has 4 heteroatoms. The number of nitrogens with two attached hydrogens (primary N) is 1. The van der Waals surface area contributed by atoms with E-state index in [0.29, 0.717) is 4.99 Å². The first-order chi connectivity index (χ1) is 5.34. The summed E-state index contributed by atoms with van der Waals surface area (Å²) in [6.07, 6.45) is 0. The largest absolute Gasteiger partial charge is 0.305 e. The van der Waals surface area contributed by atoms with Crippen LogP contribution in [0.3, 0.4) is 0 Å². The maximum Gasteiger partial charge on any atom is 0.157 e. The predicted octanol–water partition coefficient (Wildman–Crippen LogP) is 1.69. The van der Waals surface area contributed by atoms with Gasteiger partial charge in [-0.05, 0) is 0 Å². The van der Waals surface area contributed by atoms with Crippen molar-refractivity contribution in [2.75, 3.05) is 0 Å². The van der Waals surface area contributed by atoms with Gasteiger partial charge in [-0.25, -0.2) is 0 Å². The molecule has 0 aliphatic carbocycles. The van der Waals surface area contributed by atoms with Gasteiger partial charge < -0.3 is 5.84 Å². The highest BCUT2D eigenvalue weighted by Crippen LogP contribution is 2.01. The van der Waals surface area contributed by atoms with Gasteiger partial charge in [0.15, 0.2) is 4.99 Å². The third-order valence-electron chi connectivity index (χ3n) is 1.17. The molecule has 0 radical (unpaired) electrons. The predicted molar refractivity (Wildman–Crippen MR) is 47.2 cm³/mol. The fourth-order valence-electron chi connectivity index (χ4n) is 0.691. The van der Waals surface area contributed by atoms with E-state index in [-0.39, 0.29) is 0 Å². The second-order valence-electron chi connectivity index (χ2n) is 1.89. The molecule has 0 saturated heterocycles. The van der Waals surface area contributed by atoms with Crippen LogP contribution in [0.2, 0.25) is 0 Å². The summed E-state index contributed by atoms with van der Waals surface area (Å²) in [5, 5.41) is 6.62. The van der Waals surface area contributed by atoms with Crippen LogP contribution in [0.4, 0.5) is 0 Å². The third-order valence-corrected chi connectivity index (χ3v) is 1.49. The highest BCUT2D eigenvalue weighted by Gasteiger charge is 1.95. The Morgan fingerprint density at radius 1 is 1.27 bits per heavy atom. The summed E-state index contributed by atoms with van der Waals surface area (Å²) in [5.74, 6) is 4.84. The summed E-state index contributed by atoms with van der Waals surface area (Å²) in [5.41, 5.74) is 0.858. The highest BCUT2D eigenvalue weighted by atomic mass is 32.1. The Kier molecular flexibility index (Phi) is 2.68. The van der Waals surface area contributed by atoms with Crippen LogP contribution in [0.15, 0.2) is 40.7 Å². The minimum atomic E-state index is 0.410. The van der Waals surface area contributed by atoms with Gasteiger partial charge in [-0.15, -0.1) is 5.11 Å². The van der Waals surface area contributed by atoms with Crippen LogP contribution in [0.25, 0.3) is 0 Å². The van der Waals surface area contributed by atoms with E-state index >= 15 is 0 Å². The van der Waals surface area contributed by atoms with E-state index in [1.165, 1.54) is 0 Å². The van der Waals surface area contributed by atoms with Gasteiger partial charge in [0.05, 0.1) is 0 Å². The lowest BCUT2D eigenvalue weighted by atomic mass is 10.2. The van der Waals surface area contributed by atoms with Gasteiger partial charge >= 0.3 is 0 Å². The summed E-state index contributed by atoms with van der Waals surface area (Å²) in [4.78, 5) is 0.410. The van der Waals surface area contributed by atoms with Gasteiger partial charge in [-0.2, -0.15) is 0 Å². The van der Waals surface area contributed by atoms with E-state index in [1.54, 1.807) is 0 Å². The number of thiocarbonyl (C=S) groups is 1. The summed E-state index contributed by atoms with van der Waals surface area (Å²) >= 11 is 4.88. The minimum Gasteiger partial charge on any atom is -0.305 e. The molecule has 0 saturated carbocycles. The van der Waals surface area contributed by atoms with Crippen molar-refractivity contribution in [1.82, 2.24) is 0 Å². The van der Waals surface area contributed by atoms with Gasteiger partial charge in [0.1, 0.15) is 0 Å². The SMILES string of the molecule is NN=NC(=S)c1ccccc1. The standard InChI is InChI=1S/C7H7N3S/c8-10-9-7(11)6-4-2-1-3-5-6/h1-5H,(H2,8,9,11). The second-order valence-corrected chi connectivity index (χ2v) is 2.27. The molecular weight excluding hydrogens is 158 g/mol. The Hall–Kier alpha value is -1.29. The number of benzene rings is 1. The molecule has 0 aromatic heterocycles. The quantitative estimate of drug-likeness (QED) is 0.298. The Labute approximate surface area is 69.9 Å². The zero-order valence-corrected chi connectivity index (χ0v) is 6.58. The van der Waals surface area contributed by atoms with Crippen LogP contribution >= 0.6 is 12.2 Å². The van der Waals surface area contributed by atoms with Crippen LogP contribution in [0, 0.1) is 0 Å². The van der Waals surface area contributed by atoms with Gasteiger partial charge in [-0.3, -0.25) is 0 Å². The van der Waals surface area contributed by atoms with Crippen LogP contribution in [0.1, 0.15) is 5.56 Å². The number of nitrogens with zero attached hydrogens (tertiary/aromatic N) is 2. The average Bonchev–Trinajstić information content (AvgIpc) is 2.07. The Bertz CT molecular complexity index is 268. The molecule has 56 valence electrons. The van der Waals surface area contributed by atoms with E-state index in [1.807, 2.05) is 30.3 Å². The lowest BCUT2D eigenvalue weighted by Gasteiger charge is -1.92. The fourth-order valence-corrected chi connectivity index (χ4v) is 0.874. The van der Waals surface area contributed by atoms with Crippen molar-refractivity contribution in [2.45, 2.75) is 0 Å². The van der Waals surface area contributed by atoms with E-state index in [2.05, 4.69) is 10.3 Å². The maximum absolute atomic E-state index is 4.88. The lowest BCUT2D eigenvalue weighted by molar-refractivity contribution is 1.09. The van der Waals surface area contributed by atoms with E-state index in [9.17, 15) is 0 Å². The summed E-state index contributed by atoms with van der Waals surface area (Å²) in [6, 6.07) is 9.39.